The number of carbonyl (C=O) groups excluding carboxylic acids is 2. The lowest BCUT2D eigenvalue weighted by Crippen LogP contribution is -2.50. The van der Waals surface area contributed by atoms with Crippen molar-refractivity contribution in [1.29, 1.82) is 0 Å². The number of aromatic amines is 1. The van der Waals surface area contributed by atoms with Crippen LogP contribution in [0.3, 0.4) is 0 Å². The lowest BCUT2D eigenvalue weighted by atomic mass is 10.1. The van der Waals surface area contributed by atoms with Gasteiger partial charge in [0.1, 0.15) is 0 Å². The van der Waals surface area contributed by atoms with Gasteiger partial charge in [0.05, 0.1) is 16.8 Å². The van der Waals surface area contributed by atoms with E-state index in [0.29, 0.717) is 42.2 Å². The first-order valence-corrected chi connectivity index (χ1v) is 11.6. The van der Waals surface area contributed by atoms with E-state index in [1.165, 1.54) is 0 Å². The van der Waals surface area contributed by atoms with Crippen molar-refractivity contribution in [3.8, 4) is 0 Å². The fourth-order valence-electron chi connectivity index (χ4n) is 4.14. The Kier molecular flexibility index (Phi) is 6.18. The van der Waals surface area contributed by atoms with Crippen LogP contribution in [0.2, 0.25) is 0 Å². The number of H-pyrrole nitrogens is 1. The van der Waals surface area contributed by atoms with Crippen molar-refractivity contribution in [2.75, 3.05) is 26.2 Å². The van der Waals surface area contributed by atoms with Crippen molar-refractivity contribution in [2.45, 2.75) is 4.90 Å². The van der Waals surface area contributed by atoms with Gasteiger partial charge in [-0.05, 0) is 42.0 Å². The Morgan fingerprint density at radius 2 is 1.44 bits per heavy atom. The van der Waals surface area contributed by atoms with Crippen LogP contribution in [0, 0.1) is 0 Å². The number of amides is 2. The summed E-state index contributed by atoms with van der Waals surface area (Å²) in [6, 6.07) is 22.8. The molecule has 0 saturated carbocycles. The standard InChI is InChI=1S/C27H24N4O2S/c32-26(30-15-17-31(18-16-30)27(33)22-6-2-4-8-25(22)34)20-12-9-19(10-13-20)11-14-24-21-5-1-3-7-23(21)28-29-24/h1-14,34H,15-18H2,(H,28,29). The summed E-state index contributed by atoms with van der Waals surface area (Å²) in [5.41, 5.74) is 4.10. The Bertz CT molecular complexity index is 1370. The zero-order chi connectivity index (χ0) is 23.5. The molecular weight excluding hydrogens is 444 g/mol. The molecule has 2 amide bonds. The van der Waals surface area contributed by atoms with Gasteiger partial charge in [-0.1, -0.05) is 48.5 Å². The van der Waals surface area contributed by atoms with E-state index in [-0.39, 0.29) is 11.8 Å². The second kappa shape index (κ2) is 9.57. The Hall–Kier alpha value is -3.84. The molecule has 1 aliphatic rings. The predicted octanol–water partition coefficient (Wildman–Crippen LogP) is 4.62. The van der Waals surface area contributed by atoms with E-state index >= 15 is 0 Å². The molecule has 1 aliphatic heterocycles. The SMILES string of the molecule is O=C(c1ccc(C=Cc2n[nH]c3ccccc23)cc1)N1CCN(C(=O)c2ccccc2S)CC1. The largest absolute Gasteiger partial charge is 0.335 e. The van der Waals surface area contributed by atoms with Gasteiger partial charge in [0.15, 0.2) is 0 Å². The highest BCUT2D eigenvalue weighted by atomic mass is 32.1. The number of piperazine rings is 1. The third kappa shape index (κ3) is 4.47. The summed E-state index contributed by atoms with van der Waals surface area (Å²) in [6.07, 6.45) is 3.95. The zero-order valence-electron chi connectivity index (χ0n) is 18.5. The minimum atomic E-state index is -0.0430. The molecular formula is C27H24N4O2S. The maximum absolute atomic E-state index is 13.0. The van der Waals surface area contributed by atoms with Crippen molar-refractivity contribution in [1.82, 2.24) is 20.0 Å². The number of hydrogen-bond donors (Lipinski definition) is 2. The van der Waals surface area contributed by atoms with Crippen molar-refractivity contribution in [3.63, 3.8) is 0 Å². The molecule has 1 N–H and O–H groups in total. The van der Waals surface area contributed by atoms with E-state index in [1.54, 1.807) is 15.9 Å². The quantitative estimate of drug-likeness (QED) is 0.430. The summed E-state index contributed by atoms with van der Waals surface area (Å²) in [6.45, 7) is 2.02. The summed E-state index contributed by atoms with van der Waals surface area (Å²) < 4.78 is 0. The first-order chi connectivity index (χ1) is 16.6. The highest BCUT2D eigenvalue weighted by molar-refractivity contribution is 7.80. The Morgan fingerprint density at radius 1 is 0.794 bits per heavy atom. The molecule has 1 fully saturated rings. The van der Waals surface area contributed by atoms with Crippen molar-refractivity contribution in [3.05, 3.63) is 95.2 Å². The van der Waals surface area contributed by atoms with Gasteiger partial charge < -0.3 is 9.80 Å². The first-order valence-electron chi connectivity index (χ1n) is 11.2. The van der Waals surface area contributed by atoms with Gasteiger partial charge >= 0.3 is 0 Å². The number of rotatable bonds is 4. The average Bonchev–Trinajstić information content (AvgIpc) is 3.30. The minimum absolute atomic E-state index is 0.0180. The Morgan fingerprint density at radius 3 is 2.18 bits per heavy atom. The van der Waals surface area contributed by atoms with Gasteiger partial charge in [0.25, 0.3) is 11.8 Å². The van der Waals surface area contributed by atoms with Crippen molar-refractivity contribution in [2.24, 2.45) is 0 Å². The lowest BCUT2D eigenvalue weighted by molar-refractivity contribution is 0.0533. The van der Waals surface area contributed by atoms with Crippen LogP contribution in [0.4, 0.5) is 0 Å². The summed E-state index contributed by atoms with van der Waals surface area (Å²) >= 11 is 4.39. The van der Waals surface area contributed by atoms with Gasteiger partial charge in [-0.2, -0.15) is 5.10 Å². The molecule has 3 aromatic carbocycles. The van der Waals surface area contributed by atoms with E-state index in [4.69, 9.17) is 0 Å². The summed E-state index contributed by atoms with van der Waals surface area (Å²) in [5, 5.41) is 8.45. The van der Waals surface area contributed by atoms with Crippen LogP contribution in [0.5, 0.6) is 0 Å². The number of nitrogens with zero attached hydrogens (tertiary/aromatic N) is 3. The third-order valence-corrected chi connectivity index (χ3v) is 6.47. The number of para-hydroxylation sites is 1. The maximum Gasteiger partial charge on any atom is 0.255 e. The smallest absolute Gasteiger partial charge is 0.255 e. The van der Waals surface area contributed by atoms with Gasteiger partial charge in [0.2, 0.25) is 0 Å². The predicted molar refractivity (Wildman–Crippen MR) is 137 cm³/mol. The second-order valence-electron chi connectivity index (χ2n) is 8.21. The minimum Gasteiger partial charge on any atom is -0.335 e. The molecule has 34 heavy (non-hydrogen) atoms. The molecule has 0 aliphatic carbocycles. The number of carbonyl (C=O) groups is 2. The van der Waals surface area contributed by atoms with E-state index < -0.39 is 0 Å². The zero-order valence-corrected chi connectivity index (χ0v) is 19.4. The van der Waals surface area contributed by atoms with Crippen molar-refractivity contribution < 1.29 is 9.59 Å². The highest BCUT2D eigenvalue weighted by Crippen LogP contribution is 2.19. The lowest BCUT2D eigenvalue weighted by Gasteiger charge is -2.35. The van der Waals surface area contributed by atoms with E-state index in [2.05, 4.69) is 22.8 Å². The summed E-state index contributed by atoms with van der Waals surface area (Å²) in [7, 11) is 0. The van der Waals surface area contributed by atoms with Crippen LogP contribution in [-0.2, 0) is 0 Å². The normalized spacial score (nSPS) is 14.1. The molecule has 0 unspecified atom stereocenters. The van der Waals surface area contributed by atoms with Crippen LogP contribution in [0.1, 0.15) is 32.0 Å². The van der Waals surface area contributed by atoms with E-state index in [1.807, 2.05) is 78.9 Å². The maximum atomic E-state index is 13.0. The fraction of sp³-hybridized carbons (Fsp3) is 0.148. The molecule has 7 heteroatoms. The second-order valence-corrected chi connectivity index (χ2v) is 8.69. The molecule has 170 valence electrons. The molecule has 0 spiro atoms. The van der Waals surface area contributed by atoms with Crippen LogP contribution < -0.4 is 0 Å². The van der Waals surface area contributed by atoms with Crippen LogP contribution >= 0.6 is 12.6 Å². The van der Waals surface area contributed by atoms with Gasteiger partial charge in [-0.3, -0.25) is 14.7 Å². The highest BCUT2D eigenvalue weighted by Gasteiger charge is 2.26. The monoisotopic (exact) mass is 468 g/mol. The summed E-state index contributed by atoms with van der Waals surface area (Å²) in [4.78, 5) is 30.0. The van der Waals surface area contributed by atoms with Gasteiger partial charge in [0, 0.05) is 42.0 Å². The van der Waals surface area contributed by atoms with Crippen LogP contribution in [0.15, 0.2) is 77.7 Å². The molecule has 4 aromatic rings. The van der Waals surface area contributed by atoms with E-state index in [9.17, 15) is 9.59 Å². The number of thiol groups is 1. The number of nitrogens with one attached hydrogen (secondary N) is 1. The molecule has 2 heterocycles. The number of benzene rings is 3. The fourth-order valence-corrected chi connectivity index (χ4v) is 4.40. The molecule has 5 rings (SSSR count). The average molecular weight is 469 g/mol. The first kappa shape index (κ1) is 22.0. The van der Waals surface area contributed by atoms with Crippen molar-refractivity contribution >= 4 is 47.5 Å². The third-order valence-electron chi connectivity index (χ3n) is 6.08. The summed E-state index contributed by atoms with van der Waals surface area (Å²) in [5.74, 6) is -0.0611. The number of hydrogen-bond acceptors (Lipinski definition) is 4. The Balaban J connectivity index is 1.20. The molecule has 0 atom stereocenters. The molecule has 1 aromatic heterocycles. The van der Waals surface area contributed by atoms with E-state index in [0.717, 1.165) is 22.2 Å². The topological polar surface area (TPSA) is 69.3 Å². The number of fused-ring (bicyclic) bond motifs is 1. The molecule has 1 saturated heterocycles. The van der Waals surface area contributed by atoms with Gasteiger partial charge in [-0.25, -0.2) is 0 Å². The Labute approximate surface area is 203 Å². The van der Waals surface area contributed by atoms with Crippen LogP contribution in [0.25, 0.3) is 23.1 Å². The molecule has 6 nitrogen and oxygen atoms in total. The molecule has 0 radical (unpaired) electrons. The van der Waals surface area contributed by atoms with Crippen LogP contribution in [-0.4, -0.2) is 58.0 Å². The van der Waals surface area contributed by atoms with Gasteiger partial charge in [-0.15, -0.1) is 12.6 Å². The molecule has 0 bridgehead atoms. The number of aromatic nitrogens is 2.